The molecule has 0 aliphatic rings. The first-order valence-corrected chi connectivity index (χ1v) is 9.51. The van der Waals surface area contributed by atoms with Gasteiger partial charge in [0.25, 0.3) is 0 Å². The third kappa shape index (κ3) is 11.4. The van der Waals surface area contributed by atoms with Gasteiger partial charge in [0.15, 0.2) is 0 Å². The molecule has 0 radical (unpaired) electrons. The maximum Gasteiger partial charge on any atom is 0.326 e. The number of carbonyl (C=O) groups excluding carboxylic acids is 5. The molecule has 0 saturated carbocycles. The largest absolute Gasteiger partial charge is 0.481 e. The summed E-state index contributed by atoms with van der Waals surface area (Å²) in [7, 11) is 0. The Morgan fingerprint density at radius 3 is 1.76 bits per heavy atom. The van der Waals surface area contributed by atoms with E-state index < -0.39 is 84.6 Å². The van der Waals surface area contributed by atoms with E-state index in [0.29, 0.717) is 0 Å². The van der Waals surface area contributed by atoms with Gasteiger partial charge in [0.05, 0.1) is 25.0 Å². The molecule has 0 aromatic rings. The quantitative estimate of drug-likeness (QED) is 0.108. The van der Waals surface area contributed by atoms with Gasteiger partial charge in [-0.3, -0.25) is 28.8 Å². The predicted octanol–water partition coefficient (Wildman–Crippen LogP) is -5.15. The molecule has 0 aliphatic carbocycles. The summed E-state index contributed by atoms with van der Waals surface area (Å²) in [6.45, 7) is 1.07. The molecular formula is C17H28N6O10. The first-order chi connectivity index (χ1) is 15.1. The fourth-order valence-electron chi connectivity index (χ4n) is 2.41. The zero-order valence-electron chi connectivity index (χ0n) is 17.6. The summed E-state index contributed by atoms with van der Waals surface area (Å²) >= 11 is 0. The predicted molar refractivity (Wildman–Crippen MR) is 108 cm³/mol. The van der Waals surface area contributed by atoms with Crippen LogP contribution in [-0.2, 0) is 33.6 Å². The Morgan fingerprint density at radius 1 is 0.788 bits per heavy atom. The second kappa shape index (κ2) is 13.6. The zero-order valence-corrected chi connectivity index (χ0v) is 17.6. The number of nitrogens with two attached hydrogens (primary N) is 3. The molecule has 5 unspecified atom stereocenters. The van der Waals surface area contributed by atoms with Crippen molar-refractivity contribution in [2.75, 3.05) is 0 Å². The molecule has 0 fully saturated rings. The first-order valence-electron chi connectivity index (χ1n) is 9.51. The van der Waals surface area contributed by atoms with E-state index in [4.69, 9.17) is 27.4 Å². The Balaban J connectivity index is 5.43. The van der Waals surface area contributed by atoms with E-state index in [1.807, 2.05) is 10.6 Å². The van der Waals surface area contributed by atoms with E-state index in [-0.39, 0.29) is 12.8 Å². The van der Waals surface area contributed by atoms with Gasteiger partial charge in [0, 0.05) is 6.42 Å². The minimum atomic E-state index is -1.86. The van der Waals surface area contributed by atoms with E-state index >= 15 is 0 Å². The van der Waals surface area contributed by atoms with Crippen molar-refractivity contribution in [3.05, 3.63) is 0 Å². The van der Waals surface area contributed by atoms with Gasteiger partial charge in [0.1, 0.15) is 18.1 Å². The van der Waals surface area contributed by atoms with Crippen molar-refractivity contribution in [1.29, 1.82) is 0 Å². The van der Waals surface area contributed by atoms with Crippen molar-refractivity contribution in [2.45, 2.75) is 62.9 Å². The highest BCUT2D eigenvalue weighted by molar-refractivity contribution is 5.96. The Bertz CT molecular complexity index is 786. The molecule has 5 atom stereocenters. The Kier molecular flexibility index (Phi) is 12.0. The molecule has 0 saturated heterocycles. The molecule has 12 N–H and O–H groups in total. The average Bonchev–Trinajstić information content (AvgIpc) is 2.67. The lowest BCUT2D eigenvalue weighted by atomic mass is 10.1. The molecule has 0 aromatic carbocycles. The van der Waals surface area contributed by atoms with Crippen molar-refractivity contribution in [3.63, 3.8) is 0 Å². The second-order valence-corrected chi connectivity index (χ2v) is 7.07. The van der Waals surface area contributed by atoms with Gasteiger partial charge in [-0.1, -0.05) is 0 Å². The minimum Gasteiger partial charge on any atom is -0.481 e. The van der Waals surface area contributed by atoms with Crippen LogP contribution in [0.1, 0.15) is 32.6 Å². The lowest BCUT2D eigenvalue weighted by molar-refractivity contribution is -0.148. The molecule has 0 aromatic heterocycles. The Hall–Kier alpha value is -3.79. The third-order valence-corrected chi connectivity index (χ3v) is 4.13. The monoisotopic (exact) mass is 476 g/mol. The van der Waals surface area contributed by atoms with E-state index in [1.165, 1.54) is 0 Å². The number of hydrogen-bond donors (Lipinski definition) is 9. The maximum atomic E-state index is 12.6. The average molecular weight is 476 g/mol. The van der Waals surface area contributed by atoms with Gasteiger partial charge >= 0.3 is 11.9 Å². The molecule has 33 heavy (non-hydrogen) atoms. The standard InChI is InChI=1S/C17H28N6O10/c1-6(24)13(16(31)22-9(17(32)33)5-12(27)28)23-15(30)8(4-11(20)26)21-14(29)7(18)2-3-10(19)25/h6-9,13,24H,2-5,18H2,1H3,(H2,19,25)(H2,20,26)(H,21,29)(H,22,31)(H,23,30)(H,27,28)(H,32,33). The van der Waals surface area contributed by atoms with Crippen molar-refractivity contribution in [1.82, 2.24) is 16.0 Å². The summed E-state index contributed by atoms with van der Waals surface area (Å²) in [6, 6.07) is -6.57. The Labute approximate surface area is 187 Å². The molecule has 0 spiro atoms. The van der Waals surface area contributed by atoms with E-state index in [1.54, 1.807) is 0 Å². The van der Waals surface area contributed by atoms with Gasteiger partial charge < -0.3 is 48.5 Å². The summed E-state index contributed by atoms with van der Waals surface area (Å²) in [5.41, 5.74) is 15.6. The van der Waals surface area contributed by atoms with Crippen LogP contribution >= 0.6 is 0 Å². The van der Waals surface area contributed by atoms with Crippen molar-refractivity contribution in [2.24, 2.45) is 17.2 Å². The van der Waals surface area contributed by atoms with E-state index in [0.717, 1.165) is 6.92 Å². The molecule has 0 rings (SSSR count). The molecule has 5 amide bonds. The number of primary amides is 2. The fraction of sp³-hybridized carbons (Fsp3) is 0.588. The van der Waals surface area contributed by atoms with Crippen molar-refractivity contribution in [3.8, 4) is 0 Å². The van der Waals surface area contributed by atoms with Gasteiger partial charge in [-0.2, -0.15) is 0 Å². The number of amides is 5. The summed E-state index contributed by atoms with van der Waals surface area (Å²) in [5.74, 6) is -8.29. The zero-order chi connectivity index (χ0) is 25.9. The van der Waals surface area contributed by atoms with Crippen LogP contribution in [0, 0.1) is 0 Å². The number of aliphatic hydroxyl groups is 1. The number of rotatable bonds is 15. The molecule has 16 heteroatoms. The highest BCUT2D eigenvalue weighted by Gasteiger charge is 2.33. The number of aliphatic hydroxyl groups excluding tert-OH is 1. The van der Waals surface area contributed by atoms with Crippen molar-refractivity contribution < 1.29 is 48.9 Å². The Morgan fingerprint density at radius 2 is 1.33 bits per heavy atom. The highest BCUT2D eigenvalue weighted by atomic mass is 16.4. The van der Waals surface area contributed by atoms with Crippen LogP contribution in [-0.4, -0.2) is 87.1 Å². The van der Waals surface area contributed by atoms with Gasteiger partial charge in [-0.25, -0.2) is 4.79 Å². The van der Waals surface area contributed by atoms with Crippen LogP contribution in [0.25, 0.3) is 0 Å². The summed E-state index contributed by atoms with van der Waals surface area (Å²) in [6.07, 6.45) is -3.70. The number of hydrogen-bond acceptors (Lipinski definition) is 9. The van der Waals surface area contributed by atoms with Gasteiger partial charge in [-0.05, 0) is 13.3 Å². The molecule has 0 bridgehead atoms. The number of carboxylic acid groups (broad SMARTS) is 2. The number of carbonyl (C=O) groups is 7. The normalized spacial score (nSPS) is 15.1. The van der Waals surface area contributed by atoms with E-state index in [2.05, 4.69) is 5.32 Å². The lowest BCUT2D eigenvalue weighted by Crippen LogP contribution is -2.60. The molecule has 16 nitrogen and oxygen atoms in total. The highest BCUT2D eigenvalue weighted by Crippen LogP contribution is 2.02. The fourth-order valence-corrected chi connectivity index (χ4v) is 2.41. The SMILES string of the molecule is CC(O)C(NC(=O)C(CC(N)=O)NC(=O)C(N)CCC(N)=O)C(=O)NC(CC(=O)O)C(=O)O. The van der Waals surface area contributed by atoms with Crippen LogP contribution in [0.15, 0.2) is 0 Å². The van der Waals surface area contributed by atoms with Crippen LogP contribution < -0.4 is 33.2 Å². The molecule has 186 valence electrons. The van der Waals surface area contributed by atoms with Crippen LogP contribution in [0.4, 0.5) is 0 Å². The van der Waals surface area contributed by atoms with Gasteiger partial charge in [-0.15, -0.1) is 0 Å². The number of carboxylic acids is 2. The van der Waals surface area contributed by atoms with E-state index in [9.17, 15) is 38.7 Å². The maximum absolute atomic E-state index is 12.6. The summed E-state index contributed by atoms with van der Waals surface area (Å²) in [5, 5.41) is 33.6. The second-order valence-electron chi connectivity index (χ2n) is 7.07. The van der Waals surface area contributed by atoms with Crippen LogP contribution in [0.5, 0.6) is 0 Å². The summed E-state index contributed by atoms with van der Waals surface area (Å²) < 4.78 is 0. The lowest BCUT2D eigenvalue weighted by Gasteiger charge is -2.26. The number of aliphatic carboxylic acids is 2. The van der Waals surface area contributed by atoms with Gasteiger partial charge in [0.2, 0.25) is 29.5 Å². The first kappa shape index (κ1) is 29.2. The third-order valence-electron chi connectivity index (χ3n) is 4.13. The molecule has 0 heterocycles. The topological polar surface area (TPSA) is 294 Å². The number of nitrogens with one attached hydrogen (secondary N) is 3. The van der Waals surface area contributed by atoms with Crippen LogP contribution in [0.3, 0.4) is 0 Å². The summed E-state index contributed by atoms with van der Waals surface area (Å²) in [4.78, 5) is 81.1. The smallest absolute Gasteiger partial charge is 0.326 e. The molecular weight excluding hydrogens is 448 g/mol. The van der Waals surface area contributed by atoms with Crippen LogP contribution in [0.2, 0.25) is 0 Å². The minimum absolute atomic E-state index is 0.162. The molecule has 0 aliphatic heterocycles. The van der Waals surface area contributed by atoms with Crippen molar-refractivity contribution >= 4 is 41.5 Å².